The molecule has 0 bridgehead atoms. The maximum absolute atomic E-state index is 10.7. The van der Waals surface area contributed by atoms with Crippen LogP contribution in [0.4, 0.5) is 0 Å². The summed E-state index contributed by atoms with van der Waals surface area (Å²) in [5, 5.41) is 8.95. The molecular formula is C13H17N3O. The second kappa shape index (κ2) is 6.00. The summed E-state index contributed by atoms with van der Waals surface area (Å²) in [7, 11) is 0. The van der Waals surface area contributed by atoms with Gasteiger partial charge in [0.15, 0.2) is 0 Å². The molecule has 0 radical (unpaired) electrons. The molecule has 90 valence electrons. The molecule has 0 unspecified atom stereocenters. The maximum atomic E-state index is 10.7. The molecule has 0 atom stereocenters. The number of nitrogens with zero attached hydrogens (tertiary/aromatic N) is 2. The summed E-state index contributed by atoms with van der Waals surface area (Å²) in [5.74, 6) is 0.143. The highest BCUT2D eigenvalue weighted by atomic mass is 16.1. The van der Waals surface area contributed by atoms with Gasteiger partial charge in [0, 0.05) is 12.1 Å². The highest BCUT2D eigenvalue weighted by molar-refractivity contribution is 5.74. The van der Waals surface area contributed by atoms with Gasteiger partial charge in [0.2, 0.25) is 5.91 Å². The first-order valence-electron chi connectivity index (χ1n) is 5.70. The molecule has 0 spiro atoms. The van der Waals surface area contributed by atoms with Crippen molar-refractivity contribution >= 4 is 5.91 Å². The van der Waals surface area contributed by atoms with Crippen LogP contribution in [0.15, 0.2) is 12.1 Å². The van der Waals surface area contributed by atoms with Gasteiger partial charge in [-0.1, -0.05) is 13.8 Å². The van der Waals surface area contributed by atoms with E-state index in [0.29, 0.717) is 23.6 Å². The van der Waals surface area contributed by atoms with Gasteiger partial charge in [0.05, 0.1) is 11.3 Å². The van der Waals surface area contributed by atoms with Gasteiger partial charge in [-0.15, -0.1) is 0 Å². The minimum atomic E-state index is -0.370. The minimum Gasteiger partial charge on any atom is -0.370 e. The zero-order valence-corrected chi connectivity index (χ0v) is 10.2. The number of rotatable bonds is 5. The van der Waals surface area contributed by atoms with E-state index in [1.807, 2.05) is 6.07 Å². The van der Waals surface area contributed by atoms with E-state index in [0.717, 1.165) is 12.1 Å². The Balaban J connectivity index is 2.90. The van der Waals surface area contributed by atoms with Gasteiger partial charge in [-0.2, -0.15) is 5.26 Å². The average molecular weight is 231 g/mol. The first-order chi connectivity index (χ1) is 8.02. The molecular weight excluding hydrogens is 214 g/mol. The van der Waals surface area contributed by atoms with Gasteiger partial charge in [-0.3, -0.25) is 9.78 Å². The van der Waals surface area contributed by atoms with Crippen molar-refractivity contribution in [2.24, 2.45) is 11.7 Å². The van der Waals surface area contributed by atoms with Crippen LogP contribution < -0.4 is 5.73 Å². The number of pyridine rings is 1. The van der Waals surface area contributed by atoms with Crippen LogP contribution >= 0.6 is 0 Å². The van der Waals surface area contributed by atoms with E-state index >= 15 is 0 Å². The zero-order valence-electron chi connectivity index (χ0n) is 10.2. The molecule has 1 amide bonds. The van der Waals surface area contributed by atoms with E-state index in [-0.39, 0.29) is 12.3 Å². The Bertz CT molecular complexity index is 446. The first-order valence-corrected chi connectivity index (χ1v) is 5.70. The van der Waals surface area contributed by atoms with Crippen molar-refractivity contribution in [2.75, 3.05) is 0 Å². The summed E-state index contributed by atoms with van der Waals surface area (Å²) < 4.78 is 0. The van der Waals surface area contributed by atoms with Gasteiger partial charge < -0.3 is 5.73 Å². The summed E-state index contributed by atoms with van der Waals surface area (Å²) in [4.78, 5) is 15.2. The van der Waals surface area contributed by atoms with Gasteiger partial charge in [-0.05, 0) is 30.9 Å². The molecule has 1 aromatic rings. The molecule has 0 fully saturated rings. The fourth-order valence-electron chi connectivity index (χ4n) is 1.61. The van der Waals surface area contributed by atoms with Crippen molar-refractivity contribution in [1.82, 2.24) is 4.98 Å². The Hall–Kier alpha value is -1.89. The lowest BCUT2D eigenvalue weighted by Crippen LogP contribution is -2.12. The van der Waals surface area contributed by atoms with Crippen molar-refractivity contribution in [1.29, 1.82) is 5.26 Å². The fourth-order valence-corrected chi connectivity index (χ4v) is 1.61. The van der Waals surface area contributed by atoms with E-state index in [1.165, 1.54) is 0 Å². The van der Waals surface area contributed by atoms with Crippen LogP contribution in [-0.4, -0.2) is 10.9 Å². The number of hydrogen-bond donors (Lipinski definition) is 1. The molecule has 2 N–H and O–H groups in total. The largest absolute Gasteiger partial charge is 0.370 e. The molecule has 0 aliphatic carbocycles. The second-order valence-electron chi connectivity index (χ2n) is 4.47. The standard InChI is InChI=1S/C13H17N3O/c1-9(2)7-11-4-3-10(8-14)12(16-11)5-6-13(15)17/h3-4,9H,5-7H2,1-2H3,(H2,15,17). The summed E-state index contributed by atoms with van der Waals surface area (Å²) in [6.45, 7) is 4.23. The number of carbonyl (C=O) groups excluding carboxylic acids is 1. The molecule has 1 aromatic heterocycles. The third kappa shape index (κ3) is 4.23. The molecule has 0 aliphatic rings. The minimum absolute atomic E-state index is 0.229. The number of aromatic nitrogens is 1. The molecule has 17 heavy (non-hydrogen) atoms. The van der Waals surface area contributed by atoms with Crippen molar-refractivity contribution in [2.45, 2.75) is 33.1 Å². The smallest absolute Gasteiger partial charge is 0.217 e. The van der Waals surface area contributed by atoms with Gasteiger partial charge in [-0.25, -0.2) is 0 Å². The molecule has 0 aromatic carbocycles. The molecule has 0 aliphatic heterocycles. The molecule has 1 heterocycles. The van der Waals surface area contributed by atoms with E-state index in [2.05, 4.69) is 24.9 Å². The quantitative estimate of drug-likeness (QED) is 0.835. The number of nitriles is 1. The monoisotopic (exact) mass is 231 g/mol. The highest BCUT2D eigenvalue weighted by Gasteiger charge is 2.08. The normalized spacial score (nSPS) is 10.2. The van der Waals surface area contributed by atoms with Gasteiger partial charge in [0.25, 0.3) is 0 Å². The number of amides is 1. The lowest BCUT2D eigenvalue weighted by Gasteiger charge is -2.07. The predicted molar refractivity (Wildman–Crippen MR) is 65.0 cm³/mol. The third-order valence-electron chi connectivity index (χ3n) is 2.38. The molecule has 4 nitrogen and oxygen atoms in total. The Morgan fingerprint density at radius 1 is 1.53 bits per heavy atom. The number of hydrogen-bond acceptors (Lipinski definition) is 3. The van der Waals surface area contributed by atoms with E-state index in [9.17, 15) is 4.79 Å². The topological polar surface area (TPSA) is 79.8 Å². The van der Waals surface area contributed by atoms with Crippen molar-refractivity contribution < 1.29 is 4.79 Å². The number of nitrogens with two attached hydrogens (primary N) is 1. The lowest BCUT2D eigenvalue weighted by atomic mass is 10.0. The van der Waals surface area contributed by atoms with E-state index in [4.69, 9.17) is 11.0 Å². The van der Waals surface area contributed by atoms with Crippen LogP contribution in [0.25, 0.3) is 0 Å². The van der Waals surface area contributed by atoms with Gasteiger partial charge >= 0.3 is 0 Å². The number of carbonyl (C=O) groups is 1. The summed E-state index contributed by atoms with van der Waals surface area (Å²) in [6.07, 6.45) is 1.53. The first kappa shape index (κ1) is 13.2. The number of primary amides is 1. The van der Waals surface area contributed by atoms with Crippen molar-refractivity contribution in [3.63, 3.8) is 0 Å². The van der Waals surface area contributed by atoms with Crippen LogP contribution in [0.3, 0.4) is 0 Å². The summed E-state index contributed by atoms with van der Waals surface area (Å²) >= 11 is 0. The summed E-state index contributed by atoms with van der Waals surface area (Å²) in [5.41, 5.74) is 7.26. The highest BCUT2D eigenvalue weighted by Crippen LogP contribution is 2.12. The molecule has 1 rings (SSSR count). The Morgan fingerprint density at radius 2 is 2.24 bits per heavy atom. The maximum Gasteiger partial charge on any atom is 0.217 e. The average Bonchev–Trinajstić information content (AvgIpc) is 2.25. The lowest BCUT2D eigenvalue weighted by molar-refractivity contribution is -0.118. The number of aryl methyl sites for hydroxylation is 1. The van der Waals surface area contributed by atoms with Crippen LogP contribution in [0.2, 0.25) is 0 Å². The second-order valence-corrected chi connectivity index (χ2v) is 4.47. The SMILES string of the molecule is CC(C)Cc1ccc(C#N)c(CCC(N)=O)n1. The van der Waals surface area contributed by atoms with E-state index in [1.54, 1.807) is 6.07 Å². The van der Waals surface area contributed by atoms with Crippen molar-refractivity contribution in [3.8, 4) is 6.07 Å². The van der Waals surface area contributed by atoms with Crippen LogP contribution in [0.1, 0.15) is 37.2 Å². The van der Waals surface area contributed by atoms with Crippen LogP contribution in [0, 0.1) is 17.2 Å². The molecule has 0 saturated carbocycles. The fraction of sp³-hybridized carbons (Fsp3) is 0.462. The van der Waals surface area contributed by atoms with Crippen molar-refractivity contribution in [3.05, 3.63) is 29.1 Å². The Kier molecular flexibility index (Phi) is 4.65. The third-order valence-corrected chi connectivity index (χ3v) is 2.38. The predicted octanol–water partition coefficient (Wildman–Crippen LogP) is 1.57. The van der Waals surface area contributed by atoms with Crippen LogP contribution in [-0.2, 0) is 17.6 Å². The molecule has 4 heteroatoms. The summed E-state index contributed by atoms with van der Waals surface area (Å²) in [6, 6.07) is 5.72. The zero-order chi connectivity index (χ0) is 12.8. The molecule has 0 saturated heterocycles. The van der Waals surface area contributed by atoms with Crippen LogP contribution in [0.5, 0.6) is 0 Å². The van der Waals surface area contributed by atoms with E-state index < -0.39 is 0 Å². The van der Waals surface area contributed by atoms with Gasteiger partial charge in [0.1, 0.15) is 6.07 Å². The Morgan fingerprint density at radius 3 is 2.76 bits per heavy atom. The Labute approximate surface area is 101 Å².